The van der Waals surface area contributed by atoms with E-state index in [1.54, 1.807) is 6.92 Å². The van der Waals surface area contributed by atoms with E-state index in [0.717, 1.165) is 0 Å². The molecule has 12 nitrogen and oxygen atoms in total. The van der Waals surface area contributed by atoms with E-state index < -0.39 is 52.8 Å². The summed E-state index contributed by atoms with van der Waals surface area (Å²) in [5.41, 5.74) is 0.504. The number of carbonyl (C=O) groups is 3. The summed E-state index contributed by atoms with van der Waals surface area (Å²) >= 11 is 0. The van der Waals surface area contributed by atoms with Crippen molar-refractivity contribution in [2.45, 2.75) is 25.8 Å². The van der Waals surface area contributed by atoms with Crippen molar-refractivity contribution in [3.8, 4) is 5.75 Å². The van der Waals surface area contributed by atoms with E-state index in [9.17, 15) is 28.9 Å². The van der Waals surface area contributed by atoms with Gasteiger partial charge in [0.25, 0.3) is 5.69 Å². The molecule has 13 heteroatoms. The molecule has 2 saturated heterocycles. The second-order valence-electron chi connectivity index (χ2n) is 8.00. The van der Waals surface area contributed by atoms with Gasteiger partial charge in [0.1, 0.15) is 11.6 Å². The summed E-state index contributed by atoms with van der Waals surface area (Å²) in [6.07, 6.45) is -1.85. The van der Waals surface area contributed by atoms with Gasteiger partial charge in [0, 0.05) is 18.2 Å². The van der Waals surface area contributed by atoms with Crippen molar-refractivity contribution in [2.75, 3.05) is 17.2 Å². The van der Waals surface area contributed by atoms with Crippen LogP contribution in [0.4, 0.5) is 21.5 Å². The van der Waals surface area contributed by atoms with Crippen LogP contribution in [-0.2, 0) is 14.4 Å². The molecule has 35 heavy (non-hydrogen) atoms. The van der Waals surface area contributed by atoms with Gasteiger partial charge >= 0.3 is 0 Å². The van der Waals surface area contributed by atoms with E-state index in [4.69, 9.17) is 4.74 Å². The Balaban J connectivity index is 1.50. The Kier molecular flexibility index (Phi) is 6.78. The number of rotatable bonds is 7. The number of hydrogen-bond acceptors (Lipinski definition) is 8. The molecule has 0 saturated carbocycles. The molecule has 4 unspecified atom stereocenters. The predicted octanol–water partition coefficient (Wildman–Crippen LogP) is 1.26. The fourth-order valence-corrected chi connectivity index (χ4v) is 4.09. The summed E-state index contributed by atoms with van der Waals surface area (Å²) in [6.45, 7) is 1.89. The molecule has 0 bridgehead atoms. The summed E-state index contributed by atoms with van der Waals surface area (Å²) < 4.78 is 18.6. The van der Waals surface area contributed by atoms with Crippen molar-refractivity contribution < 1.29 is 28.4 Å². The second-order valence-corrected chi connectivity index (χ2v) is 8.00. The molecule has 2 aliphatic heterocycles. The number of piperidine rings is 1. The first kappa shape index (κ1) is 23.9. The minimum atomic E-state index is -1.02. The number of nitrogens with zero attached hydrogens (tertiary/aromatic N) is 1. The Labute approximate surface area is 198 Å². The number of halogens is 1. The van der Waals surface area contributed by atoms with Crippen LogP contribution in [0.3, 0.4) is 0 Å². The molecular formula is C22H23FN6O6. The maximum atomic E-state index is 13.2. The minimum Gasteiger partial charge on any atom is -0.491 e. The molecule has 0 spiro atoms. The maximum absolute atomic E-state index is 13.2. The van der Waals surface area contributed by atoms with Crippen LogP contribution in [0, 0.1) is 27.8 Å². The van der Waals surface area contributed by atoms with Gasteiger partial charge in [-0.15, -0.1) is 0 Å². The van der Waals surface area contributed by atoms with Crippen LogP contribution in [0.1, 0.15) is 13.3 Å². The number of ether oxygens (including phenoxy) is 1. The fourth-order valence-electron chi connectivity index (χ4n) is 4.09. The number of fused-ring (bicyclic) bond motifs is 1. The van der Waals surface area contributed by atoms with Crippen LogP contribution in [0.25, 0.3) is 0 Å². The van der Waals surface area contributed by atoms with Crippen LogP contribution >= 0.6 is 0 Å². The maximum Gasteiger partial charge on any atom is 0.273 e. The summed E-state index contributed by atoms with van der Waals surface area (Å²) in [4.78, 5) is 49.0. The fraction of sp³-hybridized carbons (Fsp3) is 0.318. The van der Waals surface area contributed by atoms with E-state index in [1.165, 1.54) is 42.5 Å². The highest BCUT2D eigenvalue weighted by Crippen LogP contribution is 2.32. The predicted molar refractivity (Wildman–Crippen MR) is 122 cm³/mol. The van der Waals surface area contributed by atoms with E-state index in [1.807, 2.05) is 0 Å². The topological polar surface area (TPSA) is 164 Å². The molecule has 2 fully saturated rings. The van der Waals surface area contributed by atoms with E-state index in [0.29, 0.717) is 5.69 Å². The van der Waals surface area contributed by atoms with E-state index >= 15 is 0 Å². The van der Waals surface area contributed by atoms with Gasteiger partial charge in [-0.2, -0.15) is 0 Å². The SMILES string of the molecule is CCOc1cc([N+](=O)[O-])ccc1NC(=O)C1CC(=O)NC2NC(Nc3ccc(F)cc3)NC(=O)C21. The number of nitro groups is 1. The molecule has 4 atom stereocenters. The van der Waals surface area contributed by atoms with E-state index in [-0.39, 0.29) is 30.2 Å². The van der Waals surface area contributed by atoms with Crippen molar-refractivity contribution in [1.29, 1.82) is 0 Å². The first-order valence-corrected chi connectivity index (χ1v) is 10.8. The standard InChI is InChI=1S/C22H23FN6O6/c1-2-35-16-9-13(29(33)34)7-8-15(16)25-20(31)14-10-17(30)26-19-18(14)21(32)28-22(27-19)24-12-5-3-11(23)4-6-12/h3-9,14,18-19,22,24,27H,2,10H2,1H3,(H,25,31)(H,26,30)(H,28,32). The van der Waals surface area contributed by atoms with Crippen LogP contribution in [-0.4, -0.2) is 41.7 Å². The second kappa shape index (κ2) is 9.93. The molecule has 2 aliphatic rings. The van der Waals surface area contributed by atoms with Crippen molar-refractivity contribution in [3.63, 3.8) is 0 Å². The number of non-ortho nitro benzene ring substituents is 1. The van der Waals surface area contributed by atoms with Gasteiger partial charge in [-0.1, -0.05) is 0 Å². The number of hydrogen-bond donors (Lipinski definition) is 5. The lowest BCUT2D eigenvalue weighted by molar-refractivity contribution is -0.384. The summed E-state index contributed by atoms with van der Waals surface area (Å²) in [5.74, 6) is -3.76. The number of nitrogens with one attached hydrogen (secondary N) is 5. The molecule has 4 rings (SSSR count). The Bertz CT molecular complexity index is 1160. The highest BCUT2D eigenvalue weighted by molar-refractivity contribution is 6.01. The molecule has 0 radical (unpaired) electrons. The van der Waals surface area contributed by atoms with Gasteiger partial charge < -0.3 is 26.0 Å². The monoisotopic (exact) mass is 486 g/mol. The van der Waals surface area contributed by atoms with Gasteiger partial charge in [0.2, 0.25) is 17.7 Å². The third kappa shape index (κ3) is 5.30. The third-order valence-corrected chi connectivity index (χ3v) is 5.68. The van der Waals surface area contributed by atoms with Crippen molar-refractivity contribution >= 4 is 34.8 Å². The number of nitro benzene ring substituents is 1. The zero-order valence-corrected chi connectivity index (χ0v) is 18.5. The van der Waals surface area contributed by atoms with Crippen LogP contribution in [0.5, 0.6) is 5.75 Å². The smallest absolute Gasteiger partial charge is 0.273 e. The van der Waals surface area contributed by atoms with Gasteiger partial charge in [-0.25, -0.2) is 4.39 Å². The first-order chi connectivity index (χ1) is 16.7. The third-order valence-electron chi connectivity index (χ3n) is 5.68. The molecule has 2 aromatic carbocycles. The number of amides is 3. The molecule has 3 amide bonds. The zero-order chi connectivity index (χ0) is 25.1. The summed E-state index contributed by atoms with van der Waals surface area (Å²) in [6, 6.07) is 9.24. The van der Waals surface area contributed by atoms with Crippen LogP contribution < -0.4 is 31.3 Å². The summed E-state index contributed by atoms with van der Waals surface area (Å²) in [5, 5.41) is 25.1. The highest BCUT2D eigenvalue weighted by atomic mass is 19.1. The Morgan fingerprint density at radius 2 is 1.94 bits per heavy atom. The quantitative estimate of drug-likeness (QED) is 0.288. The Morgan fingerprint density at radius 1 is 1.20 bits per heavy atom. The van der Waals surface area contributed by atoms with Gasteiger partial charge in [-0.3, -0.25) is 29.8 Å². The lowest BCUT2D eigenvalue weighted by Crippen LogP contribution is -2.72. The van der Waals surface area contributed by atoms with Crippen molar-refractivity contribution in [1.82, 2.24) is 16.0 Å². The molecule has 184 valence electrons. The minimum absolute atomic E-state index is 0.0987. The number of anilines is 2. The first-order valence-electron chi connectivity index (χ1n) is 10.8. The number of benzene rings is 2. The average molecular weight is 486 g/mol. The lowest BCUT2D eigenvalue weighted by atomic mass is 9.81. The Morgan fingerprint density at radius 3 is 2.63 bits per heavy atom. The molecule has 0 aromatic heterocycles. The normalized spacial score (nSPS) is 23.4. The number of carbonyl (C=O) groups excluding carboxylic acids is 3. The van der Waals surface area contributed by atoms with Gasteiger partial charge in [0.05, 0.1) is 41.3 Å². The molecule has 5 N–H and O–H groups in total. The van der Waals surface area contributed by atoms with E-state index in [2.05, 4.69) is 26.6 Å². The lowest BCUT2D eigenvalue weighted by Gasteiger charge is -2.43. The molecule has 0 aliphatic carbocycles. The average Bonchev–Trinajstić information content (AvgIpc) is 2.81. The van der Waals surface area contributed by atoms with Gasteiger partial charge in [-0.05, 0) is 37.3 Å². The van der Waals surface area contributed by atoms with Crippen LogP contribution in [0.15, 0.2) is 42.5 Å². The van der Waals surface area contributed by atoms with Crippen molar-refractivity contribution in [2.24, 2.45) is 11.8 Å². The summed E-state index contributed by atoms with van der Waals surface area (Å²) in [7, 11) is 0. The van der Waals surface area contributed by atoms with Crippen LogP contribution in [0.2, 0.25) is 0 Å². The zero-order valence-electron chi connectivity index (χ0n) is 18.5. The Hall–Kier alpha value is -4.26. The van der Waals surface area contributed by atoms with Gasteiger partial charge in [0.15, 0.2) is 6.29 Å². The molecule has 2 heterocycles. The van der Waals surface area contributed by atoms with Crippen molar-refractivity contribution in [3.05, 3.63) is 58.4 Å². The molecular weight excluding hydrogens is 463 g/mol. The highest BCUT2D eigenvalue weighted by Gasteiger charge is 2.48. The largest absolute Gasteiger partial charge is 0.491 e. The molecule has 2 aromatic rings.